The van der Waals surface area contributed by atoms with Crippen molar-refractivity contribution < 1.29 is 14.3 Å². The molecule has 0 bridgehead atoms. The number of benzene rings is 1. The van der Waals surface area contributed by atoms with Crippen molar-refractivity contribution >= 4 is 40.4 Å². The van der Waals surface area contributed by atoms with E-state index in [0.717, 1.165) is 11.3 Å². The number of hydrogen-bond acceptors (Lipinski definition) is 4. The number of carbonyl (C=O) groups excluding carboxylic acids is 1. The maximum Gasteiger partial charge on any atom is 0.254 e. The maximum atomic E-state index is 12.2. The molecule has 1 aliphatic heterocycles. The van der Waals surface area contributed by atoms with Crippen LogP contribution in [0.5, 0.6) is 11.5 Å². The number of hydrogen-bond donors (Lipinski definition) is 1. The summed E-state index contributed by atoms with van der Waals surface area (Å²) in [5, 5.41) is 2.90. The summed E-state index contributed by atoms with van der Waals surface area (Å²) >= 11 is 13.0. The molecule has 1 aliphatic rings. The molecule has 22 heavy (non-hydrogen) atoms. The third-order valence-corrected chi connectivity index (χ3v) is 4.80. The molecule has 1 unspecified atom stereocenters. The van der Waals surface area contributed by atoms with Gasteiger partial charge in [-0.2, -0.15) is 0 Å². The Morgan fingerprint density at radius 2 is 1.95 bits per heavy atom. The minimum Gasteiger partial charge on any atom is -0.486 e. The molecule has 0 radical (unpaired) electrons. The Kier molecular flexibility index (Phi) is 4.47. The number of ether oxygens (including phenoxy) is 2. The molecule has 2 aromatic rings. The molecule has 0 spiro atoms. The zero-order valence-corrected chi connectivity index (χ0v) is 14.0. The van der Waals surface area contributed by atoms with Crippen LogP contribution in [0.4, 0.5) is 0 Å². The average molecular weight is 358 g/mol. The lowest BCUT2D eigenvalue weighted by atomic mass is 10.1. The topological polar surface area (TPSA) is 47.6 Å². The molecular formula is C15H13Cl2NO3S. The number of halogens is 2. The second-order valence-corrected chi connectivity index (χ2v) is 7.12. The monoisotopic (exact) mass is 357 g/mol. The zero-order valence-electron chi connectivity index (χ0n) is 11.7. The summed E-state index contributed by atoms with van der Waals surface area (Å²) < 4.78 is 11.9. The Balaban J connectivity index is 1.75. The molecule has 1 aromatic heterocycles. The van der Waals surface area contributed by atoms with Gasteiger partial charge in [-0.15, -0.1) is 11.3 Å². The van der Waals surface area contributed by atoms with Gasteiger partial charge in [-0.1, -0.05) is 29.3 Å². The van der Waals surface area contributed by atoms with E-state index in [0.29, 0.717) is 33.2 Å². The number of nitrogens with one attached hydrogen (secondary N) is 1. The first-order valence-electron chi connectivity index (χ1n) is 6.70. The summed E-state index contributed by atoms with van der Waals surface area (Å²) in [5.41, 5.74) is 1.32. The van der Waals surface area contributed by atoms with Crippen molar-refractivity contribution in [1.82, 2.24) is 5.32 Å². The summed E-state index contributed by atoms with van der Waals surface area (Å²) in [5.74, 6) is 1.16. The highest BCUT2D eigenvalue weighted by Gasteiger charge is 2.19. The summed E-state index contributed by atoms with van der Waals surface area (Å²) in [6, 6.07) is 7.00. The molecular weight excluding hydrogens is 345 g/mol. The third kappa shape index (κ3) is 3.16. The highest BCUT2D eigenvalue weighted by atomic mass is 35.5. The van der Waals surface area contributed by atoms with Crippen LogP contribution in [0.15, 0.2) is 24.3 Å². The van der Waals surface area contributed by atoms with Crippen LogP contribution < -0.4 is 14.8 Å². The van der Waals surface area contributed by atoms with E-state index in [-0.39, 0.29) is 11.9 Å². The van der Waals surface area contributed by atoms with Gasteiger partial charge in [-0.25, -0.2) is 0 Å². The van der Waals surface area contributed by atoms with E-state index in [1.807, 2.05) is 25.1 Å². The number of amides is 1. The smallest absolute Gasteiger partial charge is 0.254 e. The normalized spacial score (nSPS) is 14.5. The first kappa shape index (κ1) is 15.5. The van der Waals surface area contributed by atoms with Crippen LogP contribution in [-0.4, -0.2) is 19.1 Å². The molecule has 7 heteroatoms. The Hall–Kier alpha value is -1.43. The van der Waals surface area contributed by atoms with E-state index in [2.05, 4.69) is 5.32 Å². The summed E-state index contributed by atoms with van der Waals surface area (Å²) in [6.07, 6.45) is 0. The number of fused-ring (bicyclic) bond motifs is 1. The predicted molar refractivity (Wildman–Crippen MR) is 87.7 cm³/mol. The van der Waals surface area contributed by atoms with Crippen LogP contribution in [0.25, 0.3) is 0 Å². The second-order valence-electron chi connectivity index (χ2n) is 4.84. The van der Waals surface area contributed by atoms with E-state index in [9.17, 15) is 4.79 Å². The zero-order chi connectivity index (χ0) is 15.7. The highest BCUT2D eigenvalue weighted by Crippen LogP contribution is 2.34. The van der Waals surface area contributed by atoms with E-state index in [1.165, 1.54) is 11.3 Å². The standard InChI is InChI=1S/C15H13Cl2NO3S/c1-8(18-15(19)10-7-13(16)22-14(10)17)9-2-3-11-12(6-9)21-5-4-20-11/h2-3,6-8H,4-5H2,1H3,(H,18,19). The van der Waals surface area contributed by atoms with Gasteiger partial charge in [0.25, 0.3) is 5.91 Å². The highest BCUT2D eigenvalue weighted by molar-refractivity contribution is 7.20. The quantitative estimate of drug-likeness (QED) is 0.889. The van der Waals surface area contributed by atoms with Crippen molar-refractivity contribution in [3.63, 3.8) is 0 Å². The van der Waals surface area contributed by atoms with E-state index >= 15 is 0 Å². The van der Waals surface area contributed by atoms with Gasteiger partial charge < -0.3 is 14.8 Å². The number of carbonyl (C=O) groups is 1. The molecule has 1 amide bonds. The van der Waals surface area contributed by atoms with Crippen LogP contribution in [-0.2, 0) is 0 Å². The lowest BCUT2D eigenvalue weighted by molar-refractivity contribution is 0.0940. The van der Waals surface area contributed by atoms with Crippen LogP contribution in [0.3, 0.4) is 0 Å². The van der Waals surface area contributed by atoms with Crippen molar-refractivity contribution in [3.05, 3.63) is 44.1 Å². The lowest BCUT2D eigenvalue weighted by Gasteiger charge is -2.21. The first-order valence-corrected chi connectivity index (χ1v) is 8.27. The van der Waals surface area contributed by atoms with E-state index < -0.39 is 0 Å². The maximum absolute atomic E-state index is 12.2. The van der Waals surface area contributed by atoms with Crippen molar-refractivity contribution in [2.45, 2.75) is 13.0 Å². The SMILES string of the molecule is CC(NC(=O)c1cc(Cl)sc1Cl)c1ccc2c(c1)OCCO2. The van der Waals surface area contributed by atoms with Gasteiger partial charge >= 0.3 is 0 Å². The Bertz CT molecular complexity index is 717. The molecule has 1 aromatic carbocycles. The molecule has 116 valence electrons. The largest absolute Gasteiger partial charge is 0.486 e. The molecule has 0 fully saturated rings. The summed E-state index contributed by atoms with van der Waals surface area (Å²) in [4.78, 5) is 12.2. The lowest BCUT2D eigenvalue weighted by Crippen LogP contribution is -2.26. The fourth-order valence-electron chi connectivity index (χ4n) is 2.18. The molecule has 4 nitrogen and oxygen atoms in total. The Labute approximate surface area is 141 Å². The molecule has 2 heterocycles. The van der Waals surface area contributed by atoms with E-state index in [4.69, 9.17) is 32.7 Å². The fourth-order valence-corrected chi connectivity index (χ4v) is 3.64. The van der Waals surface area contributed by atoms with Gasteiger partial charge in [0.05, 0.1) is 15.9 Å². The Morgan fingerprint density at radius 3 is 2.64 bits per heavy atom. The van der Waals surface area contributed by atoms with Gasteiger partial charge in [0.15, 0.2) is 11.5 Å². The van der Waals surface area contributed by atoms with Crippen molar-refractivity contribution in [2.75, 3.05) is 13.2 Å². The third-order valence-electron chi connectivity index (χ3n) is 3.32. The second kappa shape index (κ2) is 6.36. The van der Waals surface area contributed by atoms with Crippen molar-refractivity contribution in [2.24, 2.45) is 0 Å². The molecule has 1 atom stereocenters. The Morgan fingerprint density at radius 1 is 1.23 bits per heavy atom. The minimum absolute atomic E-state index is 0.196. The van der Waals surface area contributed by atoms with Crippen molar-refractivity contribution in [1.29, 1.82) is 0 Å². The molecule has 0 saturated heterocycles. The number of rotatable bonds is 3. The predicted octanol–water partition coefficient (Wildman–Crippen LogP) is 4.32. The molecule has 0 aliphatic carbocycles. The molecule has 3 rings (SSSR count). The van der Waals surface area contributed by atoms with Gasteiger partial charge in [0.1, 0.15) is 17.6 Å². The molecule has 1 N–H and O–H groups in total. The minimum atomic E-state index is -0.254. The summed E-state index contributed by atoms with van der Waals surface area (Å²) in [7, 11) is 0. The van der Waals surface area contributed by atoms with Gasteiger partial charge in [-0.3, -0.25) is 4.79 Å². The van der Waals surface area contributed by atoms with Gasteiger partial charge in [-0.05, 0) is 30.7 Å². The van der Waals surface area contributed by atoms with Gasteiger partial charge in [0, 0.05) is 0 Å². The average Bonchev–Trinajstić information content (AvgIpc) is 2.85. The first-order chi connectivity index (χ1) is 10.5. The van der Waals surface area contributed by atoms with Gasteiger partial charge in [0.2, 0.25) is 0 Å². The summed E-state index contributed by atoms with van der Waals surface area (Å²) in [6.45, 7) is 2.97. The molecule has 0 saturated carbocycles. The van der Waals surface area contributed by atoms with Crippen molar-refractivity contribution in [3.8, 4) is 11.5 Å². The van der Waals surface area contributed by atoms with Crippen LogP contribution >= 0.6 is 34.5 Å². The van der Waals surface area contributed by atoms with Crippen LogP contribution in [0.1, 0.15) is 28.9 Å². The van der Waals surface area contributed by atoms with Crippen LogP contribution in [0.2, 0.25) is 8.67 Å². The van der Waals surface area contributed by atoms with E-state index in [1.54, 1.807) is 6.07 Å². The van der Waals surface area contributed by atoms with Crippen LogP contribution in [0, 0.1) is 0 Å². The fraction of sp³-hybridized carbons (Fsp3) is 0.267. The number of thiophene rings is 1.